The van der Waals surface area contributed by atoms with Crippen molar-refractivity contribution in [2.24, 2.45) is 0 Å². The van der Waals surface area contributed by atoms with Crippen LogP contribution in [0.5, 0.6) is 11.5 Å². The number of hydrogen-bond donors (Lipinski definition) is 1. The zero-order valence-corrected chi connectivity index (χ0v) is 18.3. The summed E-state index contributed by atoms with van der Waals surface area (Å²) < 4.78 is 12.6. The Morgan fingerprint density at radius 1 is 1.23 bits per heavy atom. The summed E-state index contributed by atoms with van der Waals surface area (Å²) in [6.07, 6.45) is 6.07. The lowest BCUT2D eigenvalue weighted by Gasteiger charge is -2.18. The van der Waals surface area contributed by atoms with E-state index in [1.807, 2.05) is 28.0 Å². The minimum Gasteiger partial charge on any atom is -0.493 e. The molecule has 0 fully saturated rings. The van der Waals surface area contributed by atoms with Crippen LogP contribution in [-0.4, -0.2) is 40.3 Å². The lowest BCUT2D eigenvalue weighted by molar-refractivity contribution is 0.354. The van der Waals surface area contributed by atoms with E-state index >= 15 is 0 Å². The summed E-state index contributed by atoms with van der Waals surface area (Å²) in [6.45, 7) is 3.04. The molecule has 8 heteroatoms. The third-order valence-corrected chi connectivity index (χ3v) is 7.02. The number of nitrogens with one attached hydrogen (secondary N) is 1. The van der Waals surface area contributed by atoms with Crippen LogP contribution in [0.15, 0.2) is 24.5 Å². The molecule has 4 aromatic rings. The molecule has 1 aliphatic rings. The molecule has 3 heterocycles. The van der Waals surface area contributed by atoms with Gasteiger partial charge < -0.3 is 14.8 Å². The van der Waals surface area contributed by atoms with Crippen molar-refractivity contribution in [1.29, 1.82) is 0 Å². The Hall–Kier alpha value is -2.87. The summed E-state index contributed by atoms with van der Waals surface area (Å²) in [6, 6.07) is 6.00. The van der Waals surface area contributed by atoms with Crippen molar-refractivity contribution < 1.29 is 9.47 Å². The number of thiophene rings is 1. The van der Waals surface area contributed by atoms with E-state index in [9.17, 15) is 0 Å². The van der Waals surface area contributed by atoms with E-state index in [-0.39, 0.29) is 0 Å². The molecule has 0 aliphatic heterocycles. The Morgan fingerprint density at radius 2 is 2.10 bits per heavy atom. The average Bonchev–Trinajstić information content (AvgIpc) is 3.38. The van der Waals surface area contributed by atoms with Crippen LogP contribution in [0.25, 0.3) is 15.9 Å². The highest BCUT2D eigenvalue weighted by Gasteiger charge is 2.25. The van der Waals surface area contributed by atoms with Crippen molar-refractivity contribution in [2.75, 3.05) is 26.1 Å². The van der Waals surface area contributed by atoms with Crippen LogP contribution >= 0.6 is 11.3 Å². The van der Waals surface area contributed by atoms with Gasteiger partial charge in [0.1, 0.15) is 11.2 Å². The third kappa shape index (κ3) is 3.15. The minimum atomic E-state index is 0.550. The molecule has 0 saturated carbocycles. The van der Waals surface area contributed by atoms with Gasteiger partial charge in [-0.05, 0) is 54.9 Å². The first-order valence-electron chi connectivity index (χ1n) is 10.3. The fraction of sp³-hybridized carbons (Fsp3) is 0.409. The topological polar surface area (TPSA) is 73.6 Å². The van der Waals surface area contributed by atoms with Gasteiger partial charge in [-0.25, -0.2) is 9.97 Å². The van der Waals surface area contributed by atoms with E-state index in [1.165, 1.54) is 28.7 Å². The van der Waals surface area contributed by atoms with Crippen LogP contribution < -0.4 is 14.8 Å². The fourth-order valence-corrected chi connectivity index (χ4v) is 5.70. The average molecular weight is 424 g/mol. The Morgan fingerprint density at radius 3 is 2.93 bits per heavy atom. The number of anilines is 1. The van der Waals surface area contributed by atoms with E-state index in [0.717, 1.165) is 52.9 Å². The van der Waals surface area contributed by atoms with Gasteiger partial charge in [-0.1, -0.05) is 13.0 Å². The van der Waals surface area contributed by atoms with Gasteiger partial charge in [0.15, 0.2) is 17.1 Å². The molecule has 156 valence electrons. The highest BCUT2D eigenvalue weighted by Crippen LogP contribution is 2.43. The van der Waals surface area contributed by atoms with Crippen molar-refractivity contribution in [2.45, 2.75) is 38.5 Å². The second kappa shape index (κ2) is 7.75. The van der Waals surface area contributed by atoms with Gasteiger partial charge in [-0.2, -0.15) is 9.61 Å². The van der Waals surface area contributed by atoms with Gasteiger partial charge in [0.25, 0.3) is 0 Å². The summed E-state index contributed by atoms with van der Waals surface area (Å²) in [7, 11) is 3.30. The molecule has 1 unspecified atom stereocenters. The maximum atomic E-state index is 5.41. The van der Waals surface area contributed by atoms with Crippen LogP contribution in [0.1, 0.15) is 41.7 Å². The molecular weight excluding hydrogens is 398 g/mol. The van der Waals surface area contributed by atoms with Crippen LogP contribution in [-0.2, 0) is 12.8 Å². The van der Waals surface area contributed by atoms with Crippen molar-refractivity contribution in [1.82, 2.24) is 19.6 Å². The van der Waals surface area contributed by atoms with Gasteiger partial charge in [0.05, 0.1) is 19.6 Å². The number of benzene rings is 1. The van der Waals surface area contributed by atoms with Crippen LogP contribution in [0.2, 0.25) is 0 Å². The van der Waals surface area contributed by atoms with Gasteiger partial charge in [0.2, 0.25) is 5.95 Å². The van der Waals surface area contributed by atoms with Crippen LogP contribution in [0, 0.1) is 0 Å². The van der Waals surface area contributed by atoms with Gasteiger partial charge in [-0.15, -0.1) is 11.3 Å². The first-order valence-corrected chi connectivity index (χ1v) is 11.1. The third-order valence-electron chi connectivity index (χ3n) is 5.86. The molecule has 0 bridgehead atoms. The lowest BCUT2D eigenvalue weighted by Crippen LogP contribution is -2.11. The molecule has 0 amide bonds. The standard InChI is InChI=1S/C22H25N5O2S/c1-13-5-4-6-17-18(13)19-20-24-12-25-27(20)22(26-21(19)30-17)23-10-9-14-7-8-15(28-2)16(11-14)29-3/h7-8,11-13H,4-6,9-10H2,1-3H3,(H,23,26). The fourth-order valence-electron chi connectivity index (χ4n) is 4.37. The van der Waals surface area contributed by atoms with Gasteiger partial charge in [-0.3, -0.25) is 0 Å². The molecule has 0 radical (unpaired) electrons. The predicted octanol–water partition coefficient (Wildman–Crippen LogP) is 4.45. The number of fused-ring (bicyclic) bond motifs is 5. The molecule has 30 heavy (non-hydrogen) atoms. The maximum Gasteiger partial charge on any atom is 0.227 e. The zero-order valence-electron chi connectivity index (χ0n) is 17.4. The molecule has 0 spiro atoms. The Kier molecular flexibility index (Phi) is 4.94. The minimum absolute atomic E-state index is 0.550. The smallest absolute Gasteiger partial charge is 0.227 e. The van der Waals surface area contributed by atoms with Crippen molar-refractivity contribution >= 4 is 33.1 Å². The number of hydrogen-bond acceptors (Lipinski definition) is 7. The van der Waals surface area contributed by atoms with Gasteiger partial charge in [0, 0.05) is 11.4 Å². The first kappa shape index (κ1) is 19.1. The first-order chi connectivity index (χ1) is 14.7. The summed E-state index contributed by atoms with van der Waals surface area (Å²) in [5.41, 5.74) is 3.50. The van der Waals surface area contributed by atoms with E-state index in [0.29, 0.717) is 5.92 Å². The summed E-state index contributed by atoms with van der Waals surface area (Å²) in [4.78, 5) is 12.0. The van der Waals surface area contributed by atoms with Crippen molar-refractivity contribution in [3.63, 3.8) is 0 Å². The summed E-state index contributed by atoms with van der Waals surface area (Å²) >= 11 is 1.81. The number of rotatable bonds is 6. The summed E-state index contributed by atoms with van der Waals surface area (Å²) in [5.74, 6) is 2.77. The number of ether oxygens (including phenoxy) is 2. The zero-order chi connectivity index (χ0) is 20.7. The predicted molar refractivity (Wildman–Crippen MR) is 119 cm³/mol. The molecule has 1 N–H and O–H groups in total. The highest BCUT2D eigenvalue weighted by atomic mass is 32.1. The molecular formula is C22H25N5O2S. The Bertz CT molecular complexity index is 1220. The number of nitrogens with zero attached hydrogens (tertiary/aromatic N) is 4. The summed E-state index contributed by atoms with van der Waals surface area (Å²) in [5, 5.41) is 9.09. The van der Waals surface area contributed by atoms with E-state index in [2.05, 4.69) is 28.4 Å². The van der Waals surface area contributed by atoms with E-state index in [4.69, 9.17) is 14.5 Å². The van der Waals surface area contributed by atoms with E-state index < -0.39 is 0 Å². The number of methoxy groups -OCH3 is 2. The van der Waals surface area contributed by atoms with Crippen molar-refractivity contribution in [3.05, 3.63) is 40.5 Å². The van der Waals surface area contributed by atoms with Crippen LogP contribution in [0.4, 0.5) is 5.95 Å². The monoisotopic (exact) mass is 423 g/mol. The molecule has 7 nitrogen and oxygen atoms in total. The normalized spacial score (nSPS) is 16.0. The second-order valence-electron chi connectivity index (χ2n) is 7.71. The Labute approximate surface area is 179 Å². The molecule has 1 aliphatic carbocycles. The lowest BCUT2D eigenvalue weighted by atomic mass is 9.87. The maximum absolute atomic E-state index is 5.41. The molecule has 0 saturated heterocycles. The molecule has 5 rings (SSSR count). The molecule has 1 atom stereocenters. The molecule has 3 aromatic heterocycles. The molecule has 1 aromatic carbocycles. The van der Waals surface area contributed by atoms with Crippen molar-refractivity contribution in [3.8, 4) is 11.5 Å². The second-order valence-corrected chi connectivity index (χ2v) is 8.79. The van der Waals surface area contributed by atoms with Crippen LogP contribution in [0.3, 0.4) is 0 Å². The SMILES string of the molecule is COc1ccc(CCNc2nc3sc4c(c3c3ncnn23)C(C)CCC4)cc1OC. The number of aromatic nitrogens is 4. The van der Waals surface area contributed by atoms with Gasteiger partial charge >= 0.3 is 0 Å². The number of aryl methyl sites for hydroxylation is 1. The highest BCUT2D eigenvalue weighted by molar-refractivity contribution is 7.19. The Balaban J connectivity index is 1.43. The quantitative estimate of drug-likeness (QED) is 0.494. The van der Waals surface area contributed by atoms with E-state index in [1.54, 1.807) is 20.5 Å². The largest absolute Gasteiger partial charge is 0.493 e.